The molecule has 82 valence electrons. The first-order valence-corrected chi connectivity index (χ1v) is 4.75. The van der Waals surface area contributed by atoms with Crippen molar-refractivity contribution in [3.8, 4) is 0 Å². The van der Waals surface area contributed by atoms with Crippen LogP contribution in [0.15, 0.2) is 36.5 Å². The molecule has 0 aromatic heterocycles. The maximum absolute atomic E-state index is 11.5. The maximum Gasteiger partial charge on any atom is 0.342 e. The van der Waals surface area contributed by atoms with Gasteiger partial charge >= 0.3 is 5.97 Å². The van der Waals surface area contributed by atoms with Gasteiger partial charge in [-0.05, 0) is 18.9 Å². The van der Waals surface area contributed by atoms with Gasteiger partial charge in [-0.3, -0.25) is 4.79 Å². The summed E-state index contributed by atoms with van der Waals surface area (Å²) < 4.78 is 4.89. The average Bonchev–Trinajstić information content (AvgIpc) is 2.21. The van der Waals surface area contributed by atoms with Crippen LogP contribution in [0.1, 0.15) is 20.3 Å². The lowest BCUT2D eigenvalue weighted by Crippen LogP contribution is -2.16. The predicted octanol–water partition coefficient (Wildman–Crippen LogP) is 2.20. The van der Waals surface area contributed by atoms with Gasteiger partial charge in [-0.2, -0.15) is 0 Å². The quantitative estimate of drug-likeness (QED) is 0.221. The molecule has 0 rings (SSSR count). The van der Waals surface area contributed by atoms with E-state index in [1.807, 2.05) is 6.92 Å². The zero-order valence-corrected chi connectivity index (χ0v) is 9.21. The summed E-state index contributed by atoms with van der Waals surface area (Å²) in [6, 6.07) is 0. The van der Waals surface area contributed by atoms with Crippen LogP contribution in [0.4, 0.5) is 0 Å². The van der Waals surface area contributed by atoms with Crippen LogP contribution >= 0.6 is 0 Å². The molecule has 0 aliphatic carbocycles. The van der Waals surface area contributed by atoms with Crippen LogP contribution in [-0.4, -0.2) is 18.4 Å². The third kappa shape index (κ3) is 3.94. The van der Waals surface area contributed by atoms with Crippen molar-refractivity contribution in [3.63, 3.8) is 0 Å². The third-order valence-electron chi connectivity index (χ3n) is 1.72. The first kappa shape index (κ1) is 13.4. The van der Waals surface area contributed by atoms with Gasteiger partial charge in [0.1, 0.15) is 5.57 Å². The van der Waals surface area contributed by atoms with Gasteiger partial charge in [-0.1, -0.05) is 32.2 Å². The zero-order valence-electron chi connectivity index (χ0n) is 9.21. The van der Waals surface area contributed by atoms with E-state index in [4.69, 9.17) is 4.74 Å². The number of Topliss-reactive ketones (excluding diaryl/α,β-unsaturated/α-hetero) is 1. The molecule has 0 heterocycles. The number of esters is 1. The molecule has 0 N–H and O–H groups in total. The van der Waals surface area contributed by atoms with E-state index in [1.54, 1.807) is 0 Å². The molecule has 0 atom stereocenters. The standard InChI is InChI=1S/C12H16O3/c1-5-8-15-12(14)11(9(4)13)10(6-2)7-3/h6-7H,2-3,5,8H2,1,4H3. The van der Waals surface area contributed by atoms with E-state index < -0.39 is 5.97 Å². The summed E-state index contributed by atoms with van der Waals surface area (Å²) in [6.07, 6.45) is 3.54. The first-order valence-electron chi connectivity index (χ1n) is 4.75. The van der Waals surface area contributed by atoms with Crippen molar-refractivity contribution in [2.24, 2.45) is 0 Å². The minimum atomic E-state index is -0.612. The lowest BCUT2D eigenvalue weighted by Gasteiger charge is -2.06. The molecule has 0 aliphatic heterocycles. The molecule has 0 amide bonds. The number of allylic oxidation sites excluding steroid dienone is 3. The Hall–Kier alpha value is -1.64. The molecule has 15 heavy (non-hydrogen) atoms. The topological polar surface area (TPSA) is 43.4 Å². The SMILES string of the molecule is C=CC(C=C)=C(C(C)=O)C(=O)OCCC. The minimum Gasteiger partial charge on any atom is -0.462 e. The lowest BCUT2D eigenvalue weighted by molar-refractivity contribution is -0.140. The second-order valence-corrected chi connectivity index (χ2v) is 2.93. The van der Waals surface area contributed by atoms with Crippen molar-refractivity contribution >= 4 is 11.8 Å². The minimum absolute atomic E-state index is 0.00782. The van der Waals surface area contributed by atoms with E-state index in [-0.39, 0.29) is 11.4 Å². The summed E-state index contributed by atoms with van der Waals surface area (Å²) in [5, 5.41) is 0. The highest BCUT2D eigenvalue weighted by molar-refractivity contribution is 6.17. The van der Waals surface area contributed by atoms with E-state index in [0.717, 1.165) is 0 Å². The Bertz CT molecular complexity index is 301. The van der Waals surface area contributed by atoms with Crippen molar-refractivity contribution in [3.05, 3.63) is 36.5 Å². The summed E-state index contributed by atoms with van der Waals surface area (Å²) in [5.74, 6) is -0.954. The number of ketones is 1. The highest BCUT2D eigenvalue weighted by Crippen LogP contribution is 2.10. The largest absolute Gasteiger partial charge is 0.462 e. The van der Waals surface area contributed by atoms with Crippen LogP contribution < -0.4 is 0 Å². The molecule has 0 unspecified atom stereocenters. The van der Waals surface area contributed by atoms with Gasteiger partial charge in [0.2, 0.25) is 0 Å². The fourth-order valence-corrected chi connectivity index (χ4v) is 1.02. The van der Waals surface area contributed by atoms with Crippen LogP contribution in [0, 0.1) is 0 Å². The molecule has 0 saturated heterocycles. The molecule has 0 spiro atoms. The van der Waals surface area contributed by atoms with Crippen molar-refractivity contribution < 1.29 is 14.3 Å². The Kier molecular flexibility index (Phi) is 6.02. The predicted molar refractivity (Wildman–Crippen MR) is 59.4 cm³/mol. The number of ether oxygens (including phenoxy) is 1. The van der Waals surface area contributed by atoms with Crippen molar-refractivity contribution in [1.29, 1.82) is 0 Å². The molecule has 0 aliphatic rings. The Labute approximate surface area is 90.1 Å². The Morgan fingerprint density at radius 2 is 1.80 bits per heavy atom. The Morgan fingerprint density at radius 3 is 2.13 bits per heavy atom. The normalized spacial score (nSPS) is 8.93. The second kappa shape index (κ2) is 6.76. The maximum atomic E-state index is 11.5. The molecule has 3 heteroatoms. The number of rotatable bonds is 6. The molecular weight excluding hydrogens is 192 g/mol. The Balaban J connectivity index is 5.05. The highest BCUT2D eigenvalue weighted by Gasteiger charge is 2.18. The number of carbonyl (C=O) groups is 2. The monoisotopic (exact) mass is 208 g/mol. The molecule has 3 nitrogen and oxygen atoms in total. The van der Waals surface area contributed by atoms with E-state index in [1.165, 1.54) is 19.1 Å². The van der Waals surface area contributed by atoms with Crippen LogP contribution in [0.3, 0.4) is 0 Å². The van der Waals surface area contributed by atoms with E-state index >= 15 is 0 Å². The third-order valence-corrected chi connectivity index (χ3v) is 1.72. The fraction of sp³-hybridized carbons (Fsp3) is 0.333. The average molecular weight is 208 g/mol. The molecule has 0 radical (unpaired) electrons. The van der Waals surface area contributed by atoms with Gasteiger partial charge < -0.3 is 4.74 Å². The molecule has 0 aromatic rings. The zero-order chi connectivity index (χ0) is 11.8. The molecular formula is C12H16O3. The van der Waals surface area contributed by atoms with E-state index in [9.17, 15) is 9.59 Å². The summed E-state index contributed by atoms with van der Waals surface area (Å²) in [5.41, 5.74) is 0.414. The first-order chi connectivity index (χ1) is 7.08. The fourth-order valence-electron chi connectivity index (χ4n) is 1.02. The summed E-state index contributed by atoms with van der Waals surface area (Å²) in [6.45, 7) is 10.5. The van der Waals surface area contributed by atoms with Crippen molar-refractivity contribution in [2.75, 3.05) is 6.61 Å². The summed E-state index contributed by atoms with van der Waals surface area (Å²) in [4.78, 5) is 22.8. The van der Waals surface area contributed by atoms with Crippen LogP contribution in [0.25, 0.3) is 0 Å². The van der Waals surface area contributed by atoms with Gasteiger partial charge in [0, 0.05) is 0 Å². The van der Waals surface area contributed by atoms with Gasteiger partial charge in [0.15, 0.2) is 5.78 Å². The molecule has 0 aromatic carbocycles. The van der Waals surface area contributed by atoms with Crippen LogP contribution in [0.5, 0.6) is 0 Å². The van der Waals surface area contributed by atoms with Crippen LogP contribution in [0.2, 0.25) is 0 Å². The van der Waals surface area contributed by atoms with Gasteiger partial charge in [-0.15, -0.1) is 0 Å². The lowest BCUT2D eigenvalue weighted by atomic mass is 10.1. The second-order valence-electron chi connectivity index (χ2n) is 2.93. The summed E-state index contributed by atoms with van der Waals surface area (Å²) in [7, 11) is 0. The van der Waals surface area contributed by atoms with Gasteiger partial charge in [-0.25, -0.2) is 4.79 Å². The summed E-state index contributed by atoms with van der Waals surface area (Å²) >= 11 is 0. The van der Waals surface area contributed by atoms with E-state index in [2.05, 4.69) is 13.2 Å². The molecule has 0 bridgehead atoms. The smallest absolute Gasteiger partial charge is 0.342 e. The van der Waals surface area contributed by atoms with Gasteiger partial charge in [0.05, 0.1) is 6.61 Å². The number of hydrogen-bond donors (Lipinski definition) is 0. The molecule has 0 fully saturated rings. The van der Waals surface area contributed by atoms with E-state index in [0.29, 0.717) is 18.6 Å². The Morgan fingerprint density at radius 1 is 1.27 bits per heavy atom. The van der Waals surface area contributed by atoms with Crippen LogP contribution in [-0.2, 0) is 14.3 Å². The number of hydrogen-bond acceptors (Lipinski definition) is 3. The molecule has 0 saturated carbocycles. The number of carbonyl (C=O) groups excluding carboxylic acids is 2. The highest BCUT2D eigenvalue weighted by atomic mass is 16.5. The van der Waals surface area contributed by atoms with Gasteiger partial charge in [0.25, 0.3) is 0 Å². The van der Waals surface area contributed by atoms with Crippen molar-refractivity contribution in [2.45, 2.75) is 20.3 Å². The van der Waals surface area contributed by atoms with Crippen molar-refractivity contribution in [1.82, 2.24) is 0 Å².